The van der Waals surface area contributed by atoms with Crippen molar-refractivity contribution in [3.8, 4) is 0 Å². The predicted octanol–water partition coefficient (Wildman–Crippen LogP) is 2.97. The zero-order valence-corrected chi connectivity index (χ0v) is 9.43. The highest BCUT2D eigenvalue weighted by Crippen LogP contribution is 2.11. The lowest BCUT2D eigenvalue weighted by atomic mass is 10.1. The van der Waals surface area contributed by atoms with Gasteiger partial charge in [-0.15, -0.1) is 0 Å². The van der Waals surface area contributed by atoms with Gasteiger partial charge in [-0.1, -0.05) is 26.2 Å². The first-order valence-corrected chi connectivity index (χ1v) is 6.12. The molecule has 1 rings (SSSR count). The van der Waals surface area contributed by atoms with E-state index in [2.05, 4.69) is 11.8 Å². The Morgan fingerprint density at radius 3 is 2.43 bits per heavy atom. The molecule has 0 aromatic carbocycles. The fourth-order valence-corrected chi connectivity index (χ4v) is 2.00. The second-order valence-corrected chi connectivity index (χ2v) is 4.25. The molecule has 14 heavy (non-hydrogen) atoms. The van der Waals surface area contributed by atoms with Crippen LogP contribution in [-0.4, -0.2) is 23.9 Å². The lowest BCUT2D eigenvalue weighted by Crippen LogP contribution is -2.35. The summed E-state index contributed by atoms with van der Waals surface area (Å²) in [5.74, 6) is 0.390. The quantitative estimate of drug-likeness (QED) is 0.620. The third-order valence-corrected chi connectivity index (χ3v) is 2.95. The second-order valence-electron chi connectivity index (χ2n) is 4.25. The van der Waals surface area contributed by atoms with Gasteiger partial charge in [0.1, 0.15) is 0 Å². The van der Waals surface area contributed by atoms with Crippen LogP contribution in [0.2, 0.25) is 0 Å². The van der Waals surface area contributed by atoms with Crippen molar-refractivity contribution in [1.29, 1.82) is 0 Å². The van der Waals surface area contributed by atoms with Crippen molar-refractivity contribution < 1.29 is 4.79 Å². The van der Waals surface area contributed by atoms with Gasteiger partial charge >= 0.3 is 0 Å². The van der Waals surface area contributed by atoms with Crippen molar-refractivity contribution in [3.63, 3.8) is 0 Å². The normalized spacial score (nSPS) is 17.1. The maximum absolute atomic E-state index is 11.7. The molecule has 0 aromatic rings. The molecule has 2 heteroatoms. The number of amides is 1. The van der Waals surface area contributed by atoms with E-state index in [0.717, 1.165) is 25.9 Å². The van der Waals surface area contributed by atoms with Gasteiger partial charge in [0.2, 0.25) is 5.91 Å². The van der Waals surface area contributed by atoms with E-state index in [0.29, 0.717) is 5.91 Å². The van der Waals surface area contributed by atoms with Gasteiger partial charge in [0.25, 0.3) is 0 Å². The first-order valence-electron chi connectivity index (χ1n) is 6.12. The van der Waals surface area contributed by atoms with Gasteiger partial charge in [-0.25, -0.2) is 0 Å². The van der Waals surface area contributed by atoms with E-state index in [9.17, 15) is 4.79 Å². The van der Waals surface area contributed by atoms with Crippen LogP contribution in [0.4, 0.5) is 0 Å². The minimum absolute atomic E-state index is 0.390. The van der Waals surface area contributed by atoms with Crippen LogP contribution in [0.15, 0.2) is 0 Å². The molecule has 0 atom stereocenters. The first kappa shape index (κ1) is 11.5. The number of hydrogen-bond acceptors (Lipinski definition) is 1. The van der Waals surface area contributed by atoms with Crippen LogP contribution in [0.1, 0.15) is 58.3 Å². The van der Waals surface area contributed by atoms with E-state index in [4.69, 9.17) is 0 Å². The second kappa shape index (κ2) is 6.86. The Bertz CT molecular complexity index is 162. The molecule has 1 aliphatic rings. The molecule has 0 saturated carbocycles. The molecule has 0 N–H and O–H groups in total. The molecular weight excluding hydrogens is 174 g/mol. The Balaban J connectivity index is 2.07. The molecule has 0 spiro atoms. The van der Waals surface area contributed by atoms with Gasteiger partial charge < -0.3 is 4.90 Å². The van der Waals surface area contributed by atoms with E-state index < -0.39 is 0 Å². The lowest BCUT2D eigenvalue weighted by molar-refractivity contribution is -0.132. The molecule has 0 aromatic heterocycles. The number of likely N-dealkylation sites (tertiary alicyclic amines) is 1. The average molecular weight is 197 g/mol. The summed E-state index contributed by atoms with van der Waals surface area (Å²) in [6.07, 6.45) is 9.32. The van der Waals surface area contributed by atoms with Crippen molar-refractivity contribution >= 4 is 5.91 Å². The molecular formula is C12H23NO. The van der Waals surface area contributed by atoms with Crippen LogP contribution >= 0.6 is 0 Å². The molecule has 1 heterocycles. The number of nitrogens with zero attached hydrogens (tertiary/aromatic N) is 1. The Kier molecular flexibility index (Phi) is 5.65. The Morgan fingerprint density at radius 2 is 1.79 bits per heavy atom. The zero-order chi connectivity index (χ0) is 10.2. The first-order chi connectivity index (χ1) is 6.84. The number of piperidine rings is 1. The standard InChI is InChI=1S/C12H23NO/c1-2-3-4-6-9-12(14)13-10-7-5-8-11-13/h2-11H2,1H3. The van der Waals surface area contributed by atoms with Crippen LogP contribution < -0.4 is 0 Å². The summed E-state index contributed by atoms with van der Waals surface area (Å²) < 4.78 is 0. The predicted molar refractivity (Wildman–Crippen MR) is 59.2 cm³/mol. The van der Waals surface area contributed by atoms with Gasteiger partial charge in [0, 0.05) is 19.5 Å². The number of carbonyl (C=O) groups excluding carboxylic acids is 1. The van der Waals surface area contributed by atoms with Crippen LogP contribution in [0, 0.1) is 0 Å². The topological polar surface area (TPSA) is 20.3 Å². The third-order valence-electron chi connectivity index (χ3n) is 2.95. The van der Waals surface area contributed by atoms with Gasteiger partial charge in [0.05, 0.1) is 0 Å². The molecule has 2 nitrogen and oxygen atoms in total. The van der Waals surface area contributed by atoms with Crippen molar-refractivity contribution in [2.75, 3.05) is 13.1 Å². The van der Waals surface area contributed by atoms with Crippen LogP contribution in [0.3, 0.4) is 0 Å². The maximum Gasteiger partial charge on any atom is 0.222 e. The van der Waals surface area contributed by atoms with E-state index in [1.165, 1.54) is 38.5 Å². The summed E-state index contributed by atoms with van der Waals surface area (Å²) in [5, 5.41) is 0. The monoisotopic (exact) mass is 197 g/mol. The fourth-order valence-electron chi connectivity index (χ4n) is 2.00. The van der Waals surface area contributed by atoms with Crippen molar-refractivity contribution in [3.05, 3.63) is 0 Å². The number of unbranched alkanes of at least 4 members (excludes halogenated alkanes) is 3. The van der Waals surface area contributed by atoms with Crippen molar-refractivity contribution in [2.24, 2.45) is 0 Å². The Hall–Kier alpha value is -0.530. The summed E-state index contributed by atoms with van der Waals surface area (Å²) >= 11 is 0. The Morgan fingerprint density at radius 1 is 1.07 bits per heavy atom. The molecule has 0 unspecified atom stereocenters. The summed E-state index contributed by atoms with van der Waals surface area (Å²) in [7, 11) is 0. The maximum atomic E-state index is 11.7. The minimum Gasteiger partial charge on any atom is -0.343 e. The van der Waals surface area contributed by atoms with Gasteiger partial charge in [-0.3, -0.25) is 4.79 Å². The molecule has 1 saturated heterocycles. The van der Waals surface area contributed by atoms with E-state index in [1.807, 2.05) is 0 Å². The zero-order valence-electron chi connectivity index (χ0n) is 9.43. The van der Waals surface area contributed by atoms with Crippen LogP contribution in [0.5, 0.6) is 0 Å². The van der Waals surface area contributed by atoms with Gasteiger partial charge in [0.15, 0.2) is 0 Å². The van der Waals surface area contributed by atoms with Gasteiger partial charge in [-0.2, -0.15) is 0 Å². The Labute approximate surface area is 87.7 Å². The van der Waals surface area contributed by atoms with E-state index in [1.54, 1.807) is 0 Å². The van der Waals surface area contributed by atoms with E-state index in [-0.39, 0.29) is 0 Å². The summed E-state index contributed by atoms with van der Waals surface area (Å²) in [5.41, 5.74) is 0. The third kappa shape index (κ3) is 4.12. The molecule has 1 amide bonds. The smallest absolute Gasteiger partial charge is 0.222 e. The number of carbonyl (C=O) groups is 1. The minimum atomic E-state index is 0.390. The van der Waals surface area contributed by atoms with Crippen molar-refractivity contribution in [1.82, 2.24) is 4.90 Å². The number of rotatable bonds is 5. The summed E-state index contributed by atoms with van der Waals surface area (Å²) in [6.45, 7) is 4.21. The highest BCUT2D eigenvalue weighted by molar-refractivity contribution is 5.76. The molecule has 1 fully saturated rings. The summed E-state index contributed by atoms with van der Waals surface area (Å²) in [6, 6.07) is 0. The van der Waals surface area contributed by atoms with Crippen LogP contribution in [-0.2, 0) is 4.79 Å². The lowest BCUT2D eigenvalue weighted by Gasteiger charge is -2.26. The molecule has 82 valence electrons. The molecule has 0 radical (unpaired) electrons. The molecule has 1 aliphatic heterocycles. The molecule has 0 aliphatic carbocycles. The van der Waals surface area contributed by atoms with E-state index >= 15 is 0 Å². The number of hydrogen-bond donors (Lipinski definition) is 0. The van der Waals surface area contributed by atoms with Crippen molar-refractivity contribution in [2.45, 2.75) is 58.3 Å². The van der Waals surface area contributed by atoms with Crippen LogP contribution in [0.25, 0.3) is 0 Å². The SMILES string of the molecule is CCCCCCC(=O)N1CCCCC1. The molecule has 0 bridgehead atoms. The average Bonchev–Trinajstić information content (AvgIpc) is 2.25. The fraction of sp³-hybridized carbons (Fsp3) is 0.917. The highest BCUT2D eigenvalue weighted by Gasteiger charge is 2.15. The largest absolute Gasteiger partial charge is 0.343 e. The summed E-state index contributed by atoms with van der Waals surface area (Å²) in [4.78, 5) is 13.7. The highest BCUT2D eigenvalue weighted by atomic mass is 16.2. The van der Waals surface area contributed by atoms with Gasteiger partial charge in [-0.05, 0) is 25.7 Å².